The summed E-state index contributed by atoms with van der Waals surface area (Å²) in [6.45, 7) is 4.08. The molecule has 3 heteroatoms. The number of halogens is 2. The molecule has 0 bridgehead atoms. The quantitative estimate of drug-likeness (QED) is 0.728. The topological polar surface area (TPSA) is 4.93 Å². The molecule has 2 rings (SSSR count). The van der Waals surface area contributed by atoms with Crippen LogP contribution in [-0.2, 0) is 0 Å². The van der Waals surface area contributed by atoms with Gasteiger partial charge in [0.2, 0.25) is 0 Å². The maximum atomic E-state index is 13.3. The van der Waals surface area contributed by atoms with Crippen LogP contribution in [0.5, 0.6) is 0 Å². The number of aryl methyl sites for hydroxylation is 1. The average molecular weight is 308 g/mol. The summed E-state index contributed by atoms with van der Waals surface area (Å²) in [4.78, 5) is 0. The number of rotatable bonds is 3. The van der Waals surface area contributed by atoms with Gasteiger partial charge in [0.25, 0.3) is 0 Å². The molecule has 0 radical (unpaired) electrons. The van der Waals surface area contributed by atoms with Gasteiger partial charge in [0.1, 0.15) is 5.82 Å². The Bertz CT molecular complexity index is 584. The third-order valence-electron chi connectivity index (χ3n) is 2.92. The van der Waals surface area contributed by atoms with Crippen LogP contribution >= 0.6 is 15.9 Å². The summed E-state index contributed by atoms with van der Waals surface area (Å²) in [5.74, 6) is -0.211. The molecule has 0 aliphatic carbocycles. The maximum absolute atomic E-state index is 13.3. The average Bonchev–Trinajstić information content (AvgIpc) is 2.62. The molecular weight excluding hydrogens is 293 g/mol. The molecule has 18 heavy (non-hydrogen) atoms. The fourth-order valence-corrected chi connectivity index (χ4v) is 2.33. The minimum Gasteiger partial charge on any atom is -0.318 e. The highest BCUT2D eigenvalue weighted by Crippen LogP contribution is 2.22. The van der Waals surface area contributed by atoms with Crippen molar-refractivity contribution in [1.29, 1.82) is 0 Å². The first-order valence-corrected chi connectivity index (χ1v) is 6.93. The second kappa shape index (κ2) is 5.53. The molecule has 0 aliphatic rings. The van der Waals surface area contributed by atoms with E-state index in [1.165, 1.54) is 6.07 Å². The van der Waals surface area contributed by atoms with Crippen molar-refractivity contribution in [2.45, 2.75) is 13.8 Å². The molecule has 1 aromatic heterocycles. The lowest BCUT2D eigenvalue weighted by Gasteiger charge is -2.09. The first kappa shape index (κ1) is 13.1. The highest BCUT2D eigenvalue weighted by Gasteiger charge is 2.09. The fourth-order valence-electron chi connectivity index (χ4n) is 2.14. The number of aromatic nitrogens is 1. The zero-order valence-corrected chi connectivity index (χ0v) is 12.0. The zero-order chi connectivity index (χ0) is 13.1. The molecule has 2 aromatic rings. The van der Waals surface area contributed by atoms with Crippen molar-refractivity contribution in [3.8, 4) is 5.69 Å². The van der Waals surface area contributed by atoms with E-state index in [2.05, 4.69) is 38.7 Å². The van der Waals surface area contributed by atoms with Gasteiger partial charge in [-0.15, -0.1) is 0 Å². The molecular formula is C15H15BrFN. The molecule has 1 nitrogen and oxygen atoms in total. The summed E-state index contributed by atoms with van der Waals surface area (Å²) >= 11 is 3.37. The molecule has 0 fully saturated rings. The molecule has 94 valence electrons. The Morgan fingerprint density at radius 3 is 2.72 bits per heavy atom. The lowest BCUT2D eigenvalue weighted by atomic mass is 10.2. The summed E-state index contributed by atoms with van der Waals surface area (Å²) in [6.07, 6.45) is 4.13. The van der Waals surface area contributed by atoms with Gasteiger partial charge in [0.05, 0.1) is 0 Å². The minimum atomic E-state index is -0.211. The summed E-state index contributed by atoms with van der Waals surface area (Å²) in [7, 11) is 0. The summed E-state index contributed by atoms with van der Waals surface area (Å²) in [5, 5.41) is 0.830. The van der Waals surface area contributed by atoms with Gasteiger partial charge >= 0.3 is 0 Å². The molecule has 0 aliphatic heterocycles. The van der Waals surface area contributed by atoms with Gasteiger partial charge in [0, 0.05) is 22.4 Å². The molecule has 1 aromatic carbocycles. The molecule has 0 atom stereocenters. The number of hydrogen-bond acceptors (Lipinski definition) is 0. The lowest BCUT2D eigenvalue weighted by Crippen LogP contribution is -1.99. The number of allylic oxidation sites excluding steroid dienone is 1. The van der Waals surface area contributed by atoms with E-state index in [4.69, 9.17) is 0 Å². The van der Waals surface area contributed by atoms with E-state index in [-0.39, 0.29) is 5.82 Å². The molecule has 0 N–H and O–H groups in total. The molecule has 1 heterocycles. The van der Waals surface area contributed by atoms with Crippen LogP contribution in [-0.4, -0.2) is 9.90 Å². The van der Waals surface area contributed by atoms with Gasteiger partial charge < -0.3 is 4.57 Å². The van der Waals surface area contributed by atoms with Crippen LogP contribution in [0.2, 0.25) is 0 Å². The van der Waals surface area contributed by atoms with Crippen LogP contribution in [0.3, 0.4) is 0 Å². The molecule has 0 saturated heterocycles. The van der Waals surface area contributed by atoms with Crippen molar-refractivity contribution in [2.24, 2.45) is 0 Å². The first-order chi connectivity index (χ1) is 8.63. The van der Waals surface area contributed by atoms with E-state index in [0.717, 1.165) is 28.0 Å². The van der Waals surface area contributed by atoms with E-state index in [9.17, 15) is 4.39 Å². The van der Waals surface area contributed by atoms with Crippen molar-refractivity contribution < 1.29 is 4.39 Å². The Morgan fingerprint density at radius 1 is 1.28 bits per heavy atom. The number of nitrogens with zero attached hydrogens (tertiary/aromatic N) is 1. The van der Waals surface area contributed by atoms with Crippen LogP contribution in [0.1, 0.15) is 17.0 Å². The van der Waals surface area contributed by atoms with Crippen LogP contribution in [0.25, 0.3) is 11.8 Å². The van der Waals surface area contributed by atoms with Crippen LogP contribution in [0, 0.1) is 19.7 Å². The Balaban J connectivity index is 2.52. The largest absolute Gasteiger partial charge is 0.318 e. The van der Waals surface area contributed by atoms with Gasteiger partial charge in [-0.3, -0.25) is 0 Å². The Hall–Kier alpha value is -1.35. The van der Waals surface area contributed by atoms with Gasteiger partial charge in [-0.1, -0.05) is 34.1 Å². The highest BCUT2D eigenvalue weighted by atomic mass is 79.9. The predicted molar refractivity (Wildman–Crippen MR) is 78.0 cm³/mol. The van der Waals surface area contributed by atoms with E-state index >= 15 is 0 Å². The van der Waals surface area contributed by atoms with Gasteiger partial charge in [-0.2, -0.15) is 0 Å². The Kier molecular flexibility index (Phi) is 4.02. The smallest absolute Gasteiger partial charge is 0.125 e. The van der Waals surface area contributed by atoms with E-state index < -0.39 is 0 Å². The SMILES string of the molecule is Cc1cc(C=CCBr)c(C)n1-c1cccc(F)c1. The van der Waals surface area contributed by atoms with Crippen molar-refractivity contribution in [3.05, 3.63) is 59.2 Å². The molecule has 0 amide bonds. The highest BCUT2D eigenvalue weighted by molar-refractivity contribution is 9.09. The van der Waals surface area contributed by atoms with E-state index in [1.54, 1.807) is 12.1 Å². The molecule has 0 unspecified atom stereocenters. The fraction of sp³-hybridized carbons (Fsp3) is 0.200. The van der Waals surface area contributed by atoms with Crippen molar-refractivity contribution >= 4 is 22.0 Å². The summed E-state index contributed by atoms with van der Waals surface area (Å²) < 4.78 is 15.4. The molecule has 0 saturated carbocycles. The third kappa shape index (κ3) is 2.56. The van der Waals surface area contributed by atoms with Gasteiger partial charge in [-0.25, -0.2) is 4.39 Å². The van der Waals surface area contributed by atoms with Crippen molar-refractivity contribution in [1.82, 2.24) is 4.57 Å². The number of alkyl halides is 1. The van der Waals surface area contributed by atoms with Crippen LogP contribution in [0.4, 0.5) is 4.39 Å². The lowest BCUT2D eigenvalue weighted by molar-refractivity contribution is 0.626. The van der Waals surface area contributed by atoms with Gasteiger partial charge in [0.15, 0.2) is 0 Å². The third-order valence-corrected chi connectivity index (χ3v) is 3.30. The summed E-state index contributed by atoms with van der Waals surface area (Å²) in [6, 6.07) is 8.78. The zero-order valence-electron chi connectivity index (χ0n) is 10.5. The standard InChI is InChI=1S/C15H15BrFN/c1-11-9-13(5-4-8-16)12(2)18(11)15-7-3-6-14(17)10-15/h3-7,9-10H,8H2,1-2H3. The van der Waals surface area contributed by atoms with Crippen LogP contribution in [0.15, 0.2) is 36.4 Å². The second-order valence-corrected chi connectivity index (χ2v) is 4.85. The normalized spacial score (nSPS) is 11.3. The monoisotopic (exact) mass is 307 g/mol. The van der Waals surface area contributed by atoms with Crippen molar-refractivity contribution in [2.75, 3.05) is 5.33 Å². The minimum absolute atomic E-state index is 0.211. The Labute approximate surface area is 115 Å². The maximum Gasteiger partial charge on any atom is 0.125 e. The van der Waals surface area contributed by atoms with Crippen molar-refractivity contribution in [3.63, 3.8) is 0 Å². The van der Waals surface area contributed by atoms with Gasteiger partial charge in [-0.05, 0) is 43.7 Å². The predicted octanol–water partition coefficient (Wildman–Crippen LogP) is 4.64. The van der Waals surface area contributed by atoms with E-state index in [1.807, 2.05) is 19.9 Å². The molecule has 0 spiro atoms. The Morgan fingerprint density at radius 2 is 2.06 bits per heavy atom. The van der Waals surface area contributed by atoms with E-state index in [0.29, 0.717) is 0 Å². The van der Waals surface area contributed by atoms with Crippen LogP contribution < -0.4 is 0 Å². The first-order valence-electron chi connectivity index (χ1n) is 5.81. The summed E-state index contributed by atoms with van der Waals surface area (Å²) in [5.41, 5.74) is 4.25. The number of hydrogen-bond donors (Lipinski definition) is 0. The second-order valence-electron chi connectivity index (χ2n) is 4.20. The number of benzene rings is 1.